The Hall–Kier alpha value is -3.67. The van der Waals surface area contributed by atoms with Gasteiger partial charge in [-0.2, -0.15) is 5.10 Å². The quantitative estimate of drug-likeness (QED) is 0.282. The van der Waals surface area contributed by atoms with E-state index in [1.165, 1.54) is 0 Å². The summed E-state index contributed by atoms with van der Waals surface area (Å²) >= 11 is 0. The molecule has 0 heterocycles. The molecule has 0 bridgehead atoms. The van der Waals surface area contributed by atoms with Gasteiger partial charge in [-0.3, -0.25) is 5.43 Å². The van der Waals surface area contributed by atoms with Crippen molar-refractivity contribution in [2.24, 2.45) is 15.3 Å². The first-order chi connectivity index (χ1) is 13.3. The van der Waals surface area contributed by atoms with Crippen molar-refractivity contribution < 1.29 is 9.47 Å². The van der Waals surface area contributed by atoms with E-state index in [4.69, 9.17) is 9.47 Å². The van der Waals surface area contributed by atoms with Crippen LogP contribution >= 0.6 is 0 Å². The van der Waals surface area contributed by atoms with E-state index in [2.05, 4.69) is 20.8 Å². The van der Waals surface area contributed by atoms with Gasteiger partial charge in [0.05, 0.1) is 25.6 Å². The summed E-state index contributed by atoms with van der Waals surface area (Å²) in [5.74, 6) is 2.03. The second-order valence-corrected chi connectivity index (χ2v) is 5.54. The van der Waals surface area contributed by atoms with E-state index in [0.29, 0.717) is 11.5 Å². The Morgan fingerprint density at radius 2 is 1.33 bits per heavy atom. The summed E-state index contributed by atoms with van der Waals surface area (Å²) in [4.78, 5) is 0. The standard InChI is InChI=1S/C21H20N4O2/c1-26-19-12-8-17(9-13-19)22-24-21(16-6-4-3-5-7-16)25-23-18-10-14-20(27-2)15-11-18/h3-15,22H,1-2H3/b24-21+,25-23?. The Kier molecular flexibility index (Phi) is 6.14. The van der Waals surface area contributed by atoms with Gasteiger partial charge < -0.3 is 9.47 Å². The summed E-state index contributed by atoms with van der Waals surface area (Å²) in [5, 5.41) is 13.0. The number of azo groups is 1. The number of hydrogen-bond acceptors (Lipinski definition) is 5. The molecule has 0 spiro atoms. The monoisotopic (exact) mass is 360 g/mol. The number of ether oxygens (including phenoxy) is 2. The van der Waals surface area contributed by atoms with Crippen molar-refractivity contribution in [3.63, 3.8) is 0 Å². The zero-order valence-electron chi connectivity index (χ0n) is 15.2. The third-order valence-corrected chi connectivity index (χ3v) is 3.75. The van der Waals surface area contributed by atoms with Crippen molar-refractivity contribution in [2.75, 3.05) is 19.6 Å². The predicted molar refractivity (Wildman–Crippen MR) is 107 cm³/mol. The van der Waals surface area contributed by atoms with Crippen molar-refractivity contribution in [2.45, 2.75) is 0 Å². The summed E-state index contributed by atoms with van der Waals surface area (Å²) in [5.41, 5.74) is 5.40. The predicted octanol–water partition coefficient (Wildman–Crippen LogP) is 5.26. The molecular weight excluding hydrogens is 340 g/mol. The molecule has 0 saturated carbocycles. The van der Waals surface area contributed by atoms with E-state index in [0.717, 1.165) is 22.7 Å². The molecule has 1 N–H and O–H groups in total. The van der Waals surface area contributed by atoms with Crippen molar-refractivity contribution >= 4 is 17.2 Å². The molecule has 3 aromatic rings. The zero-order chi connectivity index (χ0) is 18.9. The van der Waals surface area contributed by atoms with E-state index in [1.54, 1.807) is 14.2 Å². The smallest absolute Gasteiger partial charge is 0.201 e. The first kappa shape index (κ1) is 18.1. The first-order valence-electron chi connectivity index (χ1n) is 8.37. The number of amidine groups is 1. The topological polar surface area (TPSA) is 67.6 Å². The highest BCUT2D eigenvalue weighted by molar-refractivity contribution is 5.99. The molecule has 6 nitrogen and oxygen atoms in total. The van der Waals surface area contributed by atoms with Crippen LogP contribution in [0.25, 0.3) is 0 Å². The number of methoxy groups -OCH3 is 2. The fourth-order valence-corrected chi connectivity index (χ4v) is 2.27. The minimum Gasteiger partial charge on any atom is -0.497 e. The molecule has 3 rings (SSSR count). The zero-order valence-corrected chi connectivity index (χ0v) is 15.2. The van der Waals surface area contributed by atoms with Gasteiger partial charge in [0.2, 0.25) is 5.84 Å². The minimum atomic E-state index is 0.474. The first-order valence-corrected chi connectivity index (χ1v) is 8.37. The highest BCUT2D eigenvalue weighted by Gasteiger charge is 2.03. The maximum atomic E-state index is 5.16. The van der Waals surface area contributed by atoms with E-state index >= 15 is 0 Å². The normalized spacial score (nSPS) is 11.4. The lowest BCUT2D eigenvalue weighted by atomic mass is 10.2. The average Bonchev–Trinajstić information content (AvgIpc) is 2.75. The Morgan fingerprint density at radius 3 is 1.93 bits per heavy atom. The maximum absolute atomic E-state index is 5.16. The van der Waals surface area contributed by atoms with Gasteiger partial charge in [0, 0.05) is 5.56 Å². The Labute approximate surface area is 158 Å². The van der Waals surface area contributed by atoms with E-state index < -0.39 is 0 Å². The fourth-order valence-electron chi connectivity index (χ4n) is 2.27. The molecule has 27 heavy (non-hydrogen) atoms. The van der Waals surface area contributed by atoms with E-state index in [1.807, 2.05) is 78.9 Å². The molecule has 0 atom stereocenters. The maximum Gasteiger partial charge on any atom is 0.201 e. The Morgan fingerprint density at radius 1 is 0.741 bits per heavy atom. The lowest BCUT2D eigenvalue weighted by molar-refractivity contribution is 0.415. The number of hydrazone groups is 1. The molecule has 136 valence electrons. The molecule has 0 aliphatic heterocycles. The van der Waals surface area contributed by atoms with Crippen LogP contribution in [0.2, 0.25) is 0 Å². The van der Waals surface area contributed by atoms with Crippen LogP contribution in [0.15, 0.2) is 94.2 Å². The van der Waals surface area contributed by atoms with E-state index in [9.17, 15) is 0 Å². The largest absolute Gasteiger partial charge is 0.497 e. The van der Waals surface area contributed by atoms with Crippen molar-refractivity contribution in [3.8, 4) is 11.5 Å². The molecule has 0 amide bonds. The summed E-state index contributed by atoms with van der Waals surface area (Å²) in [6.07, 6.45) is 0. The lowest BCUT2D eigenvalue weighted by Crippen LogP contribution is -2.01. The highest BCUT2D eigenvalue weighted by atomic mass is 16.5. The van der Waals surface area contributed by atoms with Gasteiger partial charge in [0.1, 0.15) is 11.5 Å². The Balaban J connectivity index is 1.82. The molecule has 0 aliphatic rings. The van der Waals surface area contributed by atoms with Crippen LogP contribution in [-0.2, 0) is 0 Å². The van der Waals surface area contributed by atoms with Crippen LogP contribution in [0, 0.1) is 0 Å². The van der Waals surface area contributed by atoms with Crippen LogP contribution in [0.4, 0.5) is 11.4 Å². The van der Waals surface area contributed by atoms with Gasteiger partial charge in [-0.25, -0.2) is 0 Å². The molecule has 3 aromatic carbocycles. The van der Waals surface area contributed by atoms with Crippen molar-refractivity contribution in [1.29, 1.82) is 0 Å². The van der Waals surface area contributed by atoms with Crippen LogP contribution in [0.1, 0.15) is 5.56 Å². The number of anilines is 1. The SMILES string of the molecule is COc1ccc(N=N/C(=N/Nc2ccc(OC)cc2)c2ccccc2)cc1. The van der Waals surface area contributed by atoms with Gasteiger partial charge in [-0.1, -0.05) is 30.3 Å². The summed E-state index contributed by atoms with van der Waals surface area (Å²) in [7, 11) is 3.26. The molecule has 0 radical (unpaired) electrons. The van der Waals surface area contributed by atoms with Gasteiger partial charge in [-0.05, 0) is 48.5 Å². The van der Waals surface area contributed by atoms with E-state index in [-0.39, 0.29) is 0 Å². The van der Waals surface area contributed by atoms with Crippen molar-refractivity contribution in [1.82, 2.24) is 0 Å². The third kappa shape index (κ3) is 5.15. The molecule has 0 saturated heterocycles. The van der Waals surface area contributed by atoms with Gasteiger partial charge in [0.25, 0.3) is 0 Å². The number of hydrogen-bond donors (Lipinski definition) is 1. The highest BCUT2D eigenvalue weighted by Crippen LogP contribution is 2.19. The molecule has 0 fully saturated rings. The molecule has 6 heteroatoms. The molecule has 0 aromatic heterocycles. The number of nitrogens with one attached hydrogen (secondary N) is 1. The number of rotatable bonds is 6. The fraction of sp³-hybridized carbons (Fsp3) is 0.0952. The second-order valence-electron chi connectivity index (χ2n) is 5.54. The van der Waals surface area contributed by atoms with Crippen LogP contribution < -0.4 is 14.9 Å². The van der Waals surface area contributed by atoms with Gasteiger partial charge in [0.15, 0.2) is 0 Å². The third-order valence-electron chi connectivity index (χ3n) is 3.75. The molecule has 0 aliphatic carbocycles. The molecule has 0 unspecified atom stereocenters. The summed E-state index contributed by atoms with van der Waals surface area (Å²) in [6.45, 7) is 0. The van der Waals surface area contributed by atoms with Crippen molar-refractivity contribution in [3.05, 3.63) is 84.4 Å². The summed E-state index contributed by atoms with van der Waals surface area (Å²) < 4.78 is 10.3. The summed E-state index contributed by atoms with van der Waals surface area (Å²) in [6, 6.07) is 24.5. The van der Waals surface area contributed by atoms with Gasteiger partial charge >= 0.3 is 0 Å². The number of benzene rings is 3. The van der Waals surface area contributed by atoms with Crippen LogP contribution in [0.3, 0.4) is 0 Å². The molecular formula is C21H20N4O2. The van der Waals surface area contributed by atoms with Crippen LogP contribution in [0.5, 0.6) is 11.5 Å². The minimum absolute atomic E-state index is 0.474. The number of nitrogens with zero attached hydrogens (tertiary/aromatic N) is 3. The lowest BCUT2D eigenvalue weighted by Gasteiger charge is -2.05. The average molecular weight is 360 g/mol. The second kappa shape index (κ2) is 9.15. The van der Waals surface area contributed by atoms with Crippen LogP contribution in [-0.4, -0.2) is 20.1 Å². The van der Waals surface area contributed by atoms with Gasteiger partial charge in [-0.15, -0.1) is 10.2 Å². The Bertz CT molecular complexity index is 905.